The molecule has 1 aromatic heterocycles. The Kier molecular flexibility index (Phi) is 6.47. The molecule has 0 aliphatic rings. The van der Waals surface area contributed by atoms with Gasteiger partial charge in [-0.1, -0.05) is 0 Å². The molecule has 0 saturated heterocycles. The SMILES string of the molecule is C[C@@H](NC(=O)[C@@H](Cc1c[nH]cn1)NC(=O)[C@@H](N)CO)C(=O)O. The second-order valence-electron chi connectivity index (χ2n) is 4.68. The van der Waals surface area contributed by atoms with E-state index in [9.17, 15) is 14.4 Å². The van der Waals surface area contributed by atoms with Gasteiger partial charge in [0.05, 0.1) is 18.6 Å². The first-order valence-electron chi connectivity index (χ1n) is 6.52. The zero-order valence-electron chi connectivity index (χ0n) is 11.9. The fourth-order valence-corrected chi connectivity index (χ4v) is 1.56. The summed E-state index contributed by atoms with van der Waals surface area (Å²) in [4.78, 5) is 41.2. The van der Waals surface area contributed by atoms with Crippen molar-refractivity contribution in [3.8, 4) is 0 Å². The first-order chi connectivity index (χ1) is 10.3. The molecule has 10 heteroatoms. The van der Waals surface area contributed by atoms with E-state index in [1.807, 2.05) is 0 Å². The van der Waals surface area contributed by atoms with Crippen molar-refractivity contribution < 1.29 is 24.6 Å². The number of carboxylic acids is 1. The molecule has 2 amide bonds. The molecule has 122 valence electrons. The average molecular weight is 313 g/mol. The molecule has 1 aromatic rings. The molecule has 0 fully saturated rings. The smallest absolute Gasteiger partial charge is 0.325 e. The lowest BCUT2D eigenvalue weighted by Crippen LogP contribution is -2.55. The number of aromatic nitrogens is 2. The number of aliphatic carboxylic acids is 1. The summed E-state index contributed by atoms with van der Waals surface area (Å²) in [6.07, 6.45) is 3.00. The van der Waals surface area contributed by atoms with Gasteiger partial charge < -0.3 is 31.6 Å². The van der Waals surface area contributed by atoms with Gasteiger partial charge in [0.25, 0.3) is 0 Å². The van der Waals surface area contributed by atoms with Gasteiger partial charge in [-0.15, -0.1) is 0 Å². The van der Waals surface area contributed by atoms with Crippen molar-refractivity contribution in [1.82, 2.24) is 20.6 Å². The van der Waals surface area contributed by atoms with Crippen LogP contribution < -0.4 is 16.4 Å². The van der Waals surface area contributed by atoms with Crippen molar-refractivity contribution in [3.05, 3.63) is 18.2 Å². The minimum Gasteiger partial charge on any atom is -0.480 e. The summed E-state index contributed by atoms with van der Waals surface area (Å²) >= 11 is 0. The van der Waals surface area contributed by atoms with Crippen molar-refractivity contribution in [3.63, 3.8) is 0 Å². The number of hydrogen-bond donors (Lipinski definition) is 6. The van der Waals surface area contributed by atoms with Gasteiger partial charge in [-0.25, -0.2) is 4.98 Å². The van der Waals surface area contributed by atoms with Crippen LogP contribution in [0.25, 0.3) is 0 Å². The summed E-state index contributed by atoms with van der Waals surface area (Å²) in [6, 6.07) is -3.35. The summed E-state index contributed by atoms with van der Waals surface area (Å²) in [6.45, 7) is 0.723. The lowest BCUT2D eigenvalue weighted by atomic mass is 10.1. The second kappa shape index (κ2) is 8.10. The zero-order chi connectivity index (χ0) is 16.7. The van der Waals surface area contributed by atoms with Crippen LogP contribution in [0, 0.1) is 0 Å². The highest BCUT2D eigenvalue weighted by Gasteiger charge is 2.26. The molecule has 0 saturated carbocycles. The predicted octanol–water partition coefficient (Wildman–Crippen LogP) is -2.65. The van der Waals surface area contributed by atoms with E-state index in [0.29, 0.717) is 5.69 Å². The number of nitrogens with two attached hydrogens (primary N) is 1. The maximum atomic E-state index is 12.1. The molecule has 0 aliphatic carbocycles. The van der Waals surface area contributed by atoms with E-state index < -0.39 is 42.5 Å². The van der Waals surface area contributed by atoms with Crippen LogP contribution in [0.3, 0.4) is 0 Å². The van der Waals surface area contributed by atoms with Crippen molar-refractivity contribution in [2.45, 2.75) is 31.5 Å². The highest BCUT2D eigenvalue weighted by molar-refractivity contribution is 5.91. The molecule has 0 bridgehead atoms. The average Bonchev–Trinajstić information content (AvgIpc) is 2.98. The first-order valence-corrected chi connectivity index (χ1v) is 6.52. The Hall–Kier alpha value is -2.46. The normalized spacial score (nSPS) is 14.7. The monoisotopic (exact) mass is 313 g/mol. The number of aliphatic hydroxyl groups is 1. The molecule has 1 heterocycles. The summed E-state index contributed by atoms with van der Waals surface area (Å²) in [5.41, 5.74) is 5.88. The lowest BCUT2D eigenvalue weighted by molar-refractivity contribution is -0.141. The van der Waals surface area contributed by atoms with Gasteiger partial charge in [-0.3, -0.25) is 14.4 Å². The number of aromatic amines is 1. The topological polar surface area (TPSA) is 170 Å². The van der Waals surface area contributed by atoms with E-state index in [0.717, 1.165) is 0 Å². The van der Waals surface area contributed by atoms with Gasteiger partial charge in [0.1, 0.15) is 18.1 Å². The molecular weight excluding hydrogens is 294 g/mol. The molecule has 0 aliphatic heterocycles. The molecule has 3 atom stereocenters. The molecule has 7 N–H and O–H groups in total. The van der Waals surface area contributed by atoms with Crippen LogP contribution in [0.4, 0.5) is 0 Å². The minimum absolute atomic E-state index is 0.0472. The van der Waals surface area contributed by atoms with Crippen LogP contribution in [0.15, 0.2) is 12.5 Å². The van der Waals surface area contributed by atoms with Crippen LogP contribution in [0.2, 0.25) is 0 Å². The van der Waals surface area contributed by atoms with Crippen LogP contribution in [0.1, 0.15) is 12.6 Å². The Labute approximate surface area is 126 Å². The van der Waals surface area contributed by atoms with E-state index in [4.69, 9.17) is 15.9 Å². The quantitative estimate of drug-likeness (QED) is 0.304. The third kappa shape index (κ3) is 5.14. The van der Waals surface area contributed by atoms with Crippen molar-refractivity contribution in [2.75, 3.05) is 6.61 Å². The van der Waals surface area contributed by atoms with Gasteiger partial charge in [0.2, 0.25) is 11.8 Å². The summed E-state index contributed by atoms with van der Waals surface area (Å²) in [7, 11) is 0. The third-order valence-corrected chi connectivity index (χ3v) is 2.86. The fraction of sp³-hybridized carbons (Fsp3) is 0.500. The number of nitrogens with one attached hydrogen (secondary N) is 3. The van der Waals surface area contributed by atoms with E-state index in [1.54, 1.807) is 6.20 Å². The molecule has 0 unspecified atom stereocenters. The Morgan fingerprint density at radius 2 is 2.05 bits per heavy atom. The standard InChI is InChI=1S/C12H19N5O5/c1-6(12(21)22)16-11(20)9(2-7-3-14-5-15-7)17-10(19)8(13)4-18/h3,5-6,8-9,18H,2,4,13H2,1H3,(H,14,15)(H,16,20)(H,17,19)(H,21,22)/t6-,8+,9-/m1/s1. The van der Waals surface area contributed by atoms with E-state index in [-0.39, 0.29) is 6.42 Å². The first kappa shape index (κ1) is 17.6. The molecular formula is C12H19N5O5. The number of hydrogen-bond acceptors (Lipinski definition) is 6. The highest BCUT2D eigenvalue weighted by atomic mass is 16.4. The summed E-state index contributed by atoms with van der Waals surface area (Å²) < 4.78 is 0. The number of amides is 2. The third-order valence-electron chi connectivity index (χ3n) is 2.86. The van der Waals surface area contributed by atoms with Crippen LogP contribution in [-0.2, 0) is 20.8 Å². The molecule has 1 rings (SSSR count). The van der Waals surface area contributed by atoms with Crippen molar-refractivity contribution in [1.29, 1.82) is 0 Å². The summed E-state index contributed by atoms with van der Waals surface area (Å²) in [5.74, 6) is -2.61. The van der Waals surface area contributed by atoms with Gasteiger partial charge in [-0.05, 0) is 6.92 Å². The number of carbonyl (C=O) groups excluding carboxylic acids is 2. The molecule has 10 nitrogen and oxygen atoms in total. The number of imidazole rings is 1. The van der Waals surface area contributed by atoms with Crippen LogP contribution in [-0.4, -0.2) is 62.7 Å². The maximum Gasteiger partial charge on any atom is 0.325 e. The van der Waals surface area contributed by atoms with Gasteiger partial charge in [0, 0.05) is 12.6 Å². The van der Waals surface area contributed by atoms with Gasteiger partial charge in [-0.2, -0.15) is 0 Å². The molecule has 0 aromatic carbocycles. The number of rotatable bonds is 8. The van der Waals surface area contributed by atoms with Crippen molar-refractivity contribution in [2.24, 2.45) is 5.73 Å². The van der Waals surface area contributed by atoms with E-state index in [1.165, 1.54) is 13.3 Å². The molecule has 0 spiro atoms. The number of carbonyl (C=O) groups is 3. The number of nitrogens with zero attached hydrogens (tertiary/aromatic N) is 1. The maximum absolute atomic E-state index is 12.1. The second-order valence-corrected chi connectivity index (χ2v) is 4.68. The minimum atomic E-state index is -1.20. The van der Waals surface area contributed by atoms with Gasteiger partial charge in [0.15, 0.2) is 0 Å². The Balaban J connectivity index is 2.78. The molecule has 22 heavy (non-hydrogen) atoms. The van der Waals surface area contributed by atoms with Crippen LogP contribution in [0.5, 0.6) is 0 Å². The van der Waals surface area contributed by atoms with Gasteiger partial charge >= 0.3 is 5.97 Å². The Bertz CT molecular complexity index is 518. The van der Waals surface area contributed by atoms with Crippen LogP contribution >= 0.6 is 0 Å². The number of aliphatic hydroxyl groups excluding tert-OH is 1. The summed E-state index contributed by atoms with van der Waals surface area (Å²) in [5, 5.41) is 22.3. The number of carboxylic acid groups (broad SMARTS) is 1. The van der Waals surface area contributed by atoms with E-state index >= 15 is 0 Å². The van der Waals surface area contributed by atoms with Crippen molar-refractivity contribution >= 4 is 17.8 Å². The Morgan fingerprint density at radius 3 is 2.55 bits per heavy atom. The largest absolute Gasteiger partial charge is 0.480 e. The fourth-order valence-electron chi connectivity index (χ4n) is 1.56. The molecule has 0 radical (unpaired) electrons. The highest BCUT2D eigenvalue weighted by Crippen LogP contribution is 2.00. The van der Waals surface area contributed by atoms with E-state index in [2.05, 4.69) is 20.6 Å². The number of H-pyrrole nitrogens is 1. The predicted molar refractivity (Wildman–Crippen MR) is 74.5 cm³/mol. The Morgan fingerprint density at radius 1 is 1.36 bits per heavy atom. The zero-order valence-corrected chi connectivity index (χ0v) is 11.9. The lowest BCUT2D eigenvalue weighted by Gasteiger charge is -2.20.